The van der Waals surface area contributed by atoms with Gasteiger partial charge in [-0.1, -0.05) is 12.5 Å². The molecule has 0 bridgehead atoms. The molecule has 1 N–H and O–H groups in total. The Morgan fingerprint density at radius 3 is 2.95 bits per heavy atom. The Bertz CT molecular complexity index is 694. The van der Waals surface area contributed by atoms with Gasteiger partial charge in [-0.25, -0.2) is 9.78 Å². The topological polar surface area (TPSA) is 57.8 Å². The largest absolute Gasteiger partial charge is 0.476 e. The maximum atomic E-state index is 11.7. The number of carboxylic acid groups (broad SMARTS) is 1. The molecule has 5 heteroatoms. The van der Waals surface area contributed by atoms with Gasteiger partial charge >= 0.3 is 5.97 Å². The summed E-state index contributed by atoms with van der Waals surface area (Å²) in [7, 11) is 0. The Labute approximate surface area is 123 Å². The van der Waals surface area contributed by atoms with E-state index < -0.39 is 5.97 Å². The van der Waals surface area contributed by atoms with Crippen molar-refractivity contribution in [2.24, 2.45) is 5.92 Å². The highest BCUT2D eigenvalue weighted by Crippen LogP contribution is 2.39. The summed E-state index contributed by atoms with van der Waals surface area (Å²) in [6.45, 7) is 0.922. The highest BCUT2D eigenvalue weighted by atomic mass is 16.4. The predicted octanol–water partition coefficient (Wildman–Crippen LogP) is 2.80. The summed E-state index contributed by atoms with van der Waals surface area (Å²) in [5.74, 6) is 0.472. The minimum absolute atomic E-state index is 0.304. The van der Waals surface area contributed by atoms with Crippen LogP contribution in [0, 0.1) is 5.92 Å². The van der Waals surface area contributed by atoms with Crippen molar-refractivity contribution in [3.63, 3.8) is 0 Å². The Balaban J connectivity index is 1.85. The van der Waals surface area contributed by atoms with Gasteiger partial charge in [-0.05, 0) is 43.7 Å². The van der Waals surface area contributed by atoms with Crippen molar-refractivity contribution in [1.29, 1.82) is 0 Å². The molecule has 1 saturated carbocycles. The van der Waals surface area contributed by atoms with Gasteiger partial charge in [0.15, 0.2) is 11.5 Å². The summed E-state index contributed by atoms with van der Waals surface area (Å²) in [5, 5.41) is 9.64. The first-order valence-electron chi connectivity index (χ1n) is 7.73. The van der Waals surface area contributed by atoms with Crippen LogP contribution in [0.2, 0.25) is 0 Å². The smallest absolute Gasteiger partial charge is 0.356 e. The predicted molar refractivity (Wildman–Crippen MR) is 79.9 cm³/mol. The summed E-state index contributed by atoms with van der Waals surface area (Å²) < 4.78 is 1.69. The second-order valence-electron chi connectivity index (χ2n) is 6.11. The second-order valence-corrected chi connectivity index (χ2v) is 6.11. The first-order chi connectivity index (χ1) is 10.3. The number of aromatic carboxylic acids is 1. The SMILES string of the molecule is O=C(O)c1c(N2CCCC3CCCC32)nc2ccccn12. The summed E-state index contributed by atoms with van der Waals surface area (Å²) >= 11 is 0. The Hall–Kier alpha value is -2.04. The van der Waals surface area contributed by atoms with Crippen molar-refractivity contribution in [1.82, 2.24) is 9.38 Å². The molecule has 4 rings (SSSR count). The van der Waals surface area contributed by atoms with Crippen molar-refractivity contribution < 1.29 is 9.90 Å². The van der Waals surface area contributed by atoms with E-state index in [1.54, 1.807) is 10.6 Å². The fourth-order valence-electron chi connectivity index (χ4n) is 4.10. The van der Waals surface area contributed by atoms with E-state index in [0.717, 1.165) is 19.4 Å². The van der Waals surface area contributed by atoms with Gasteiger partial charge in [0.25, 0.3) is 0 Å². The zero-order valence-electron chi connectivity index (χ0n) is 11.9. The molecule has 3 heterocycles. The van der Waals surface area contributed by atoms with Crippen molar-refractivity contribution in [2.45, 2.75) is 38.1 Å². The standard InChI is InChI=1S/C16H19N3O2/c20-16(21)14-15(17-13-8-1-2-9-19(13)14)18-10-4-6-11-5-3-7-12(11)18/h1-2,8-9,11-12H,3-7,10H2,(H,20,21). The molecule has 2 aromatic heterocycles. The summed E-state index contributed by atoms with van der Waals surface area (Å²) in [6.07, 6.45) is 7.88. The van der Waals surface area contributed by atoms with Crippen molar-refractivity contribution >= 4 is 17.4 Å². The number of carbonyl (C=O) groups is 1. The highest BCUT2D eigenvalue weighted by Gasteiger charge is 2.38. The molecule has 2 fully saturated rings. The molecule has 0 radical (unpaired) electrons. The molecule has 0 spiro atoms. The van der Waals surface area contributed by atoms with Gasteiger partial charge in [-0.3, -0.25) is 4.40 Å². The summed E-state index contributed by atoms with van der Waals surface area (Å²) in [5.41, 5.74) is 1.02. The zero-order chi connectivity index (χ0) is 14.4. The molecule has 2 atom stereocenters. The first-order valence-corrected chi connectivity index (χ1v) is 7.73. The Morgan fingerprint density at radius 1 is 1.24 bits per heavy atom. The molecule has 2 aliphatic rings. The van der Waals surface area contributed by atoms with Crippen molar-refractivity contribution in [3.8, 4) is 0 Å². The number of nitrogens with zero attached hydrogens (tertiary/aromatic N) is 3. The van der Waals surface area contributed by atoms with Gasteiger partial charge in [0.05, 0.1) is 0 Å². The lowest BCUT2D eigenvalue weighted by Crippen LogP contribution is -2.43. The zero-order valence-corrected chi connectivity index (χ0v) is 11.9. The first kappa shape index (κ1) is 12.7. The normalized spacial score (nSPS) is 25.2. The second kappa shape index (κ2) is 4.76. The van der Waals surface area contributed by atoms with Crippen LogP contribution in [-0.4, -0.2) is 33.0 Å². The molecule has 2 aromatic rings. The van der Waals surface area contributed by atoms with Gasteiger partial charge in [0.1, 0.15) is 5.65 Å². The van der Waals surface area contributed by atoms with Crippen LogP contribution >= 0.6 is 0 Å². The van der Waals surface area contributed by atoms with E-state index in [1.165, 1.54) is 19.3 Å². The van der Waals surface area contributed by atoms with Crippen molar-refractivity contribution in [2.75, 3.05) is 11.4 Å². The molecule has 1 aliphatic carbocycles. The van der Waals surface area contributed by atoms with Gasteiger partial charge in [-0.2, -0.15) is 0 Å². The van der Waals surface area contributed by atoms with Gasteiger partial charge in [-0.15, -0.1) is 0 Å². The van der Waals surface area contributed by atoms with E-state index in [1.807, 2.05) is 18.2 Å². The van der Waals surface area contributed by atoms with Crippen LogP contribution < -0.4 is 4.90 Å². The van der Waals surface area contributed by atoms with Crippen LogP contribution in [-0.2, 0) is 0 Å². The van der Waals surface area contributed by atoms with Gasteiger partial charge in [0, 0.05) is 18.8 Å². The van der Waals surface area contributed by atoms with Crippen LogP contribution in [0.5, 0.6) is 0 Å². The average Bonchev–Trinajstić information content (AvgIpc) is 3.10. The molecule has 0 aromatic carbocycles. The number of piperidine rings is 1. The molecule has 2 unspecified atom stereocenters. The Morgan fingerprint density at radius 2 is 2.10 bits per heavy atom. The molecule has 1 saturated heterocycles. The van der Waals surface area contributed by atoms with Gasteiger partial charge < -0.3 is 10.0 Å². The minimum Gasteiger partial charge on any atom is -0.476 e. The molecule has 5 nitrogen and oxygen atoms in total. The minimum atomic E-state index is -0.899. The van der Waals surface area contributed by atoms with Crippen LogP contribution in [0.1, 0.15) is 42.6 Å². The number of anilines is 1. The average molecular weight is 285 g/mol. The summed E-state index contributed by atoms with van der Waals surface area (Å²) in [6, 6.07) is 6.08. The molecular formula is C16H19N3O2. The third-order valence-corrected chi connectivity index (χ3v) is 4.98. The number of carboxylic acids is 1. The van der Waals surface area contributed by atoms with Crippen LogP contribution in [0.3, 0.4) is 0 Å². The number of pyridine rings is 1. The van der Waals surface area contributed by atoms with Crippen LogP contribution in [0.25, 0.3) is 5.65 Å². The molecule has 0 amide bonds. The number of hydrogen-bond acceptors (Lipinski definition) is 3. The van der Waals surface area contributed by atoms with E-state index >= 15 is 0 Å². The lowest BCUT2D eigenvalue weighted by atomic mass is 9.92. The maximum absolute atomic E-state index is 11.7. The van der Waals surface area contributed by atoms with Gasteiger partial charge in [0.2, 0.25) is 0 Å². The fraction of sp³-hybridized carbons (Fsp3) is 0.500. The number of aromatic nitrogens is 2. The van der Waals surface area contributed by atoms with E-state index in [9.17, 15) is 9.90 Å². The maximum Gasteiger partial charge on any atom is 0.356 e. The van der Waals surface area contributed by atoms with E-state index in [0.29, 0.717) is 29.1 Å². The number of imidazole rings is 1. The quantitative estimate of drug-likeness (QED) is 0.921. The summed E-state index contributed by atoms with van der Waals surface area (Å²) in [4.78, 5) is 18.6. The lowest BCUT2D eigenvalue weighted by molar-refractivity contribution is 0.0689. The fourth-order valence-corrected chi connectivity index (χ4v) is 4.10. The monoisotopic (exact) mass is 285 g/mol. The van der Waals surface area contributed by atoms with E-state index in [-0.39, 0.29) is 0 Å². The van der Waals surface area contributed by atoms with Crippen LogP contribution in [0.15, 0.2) is 24.4 Å². The van der Waals surface area contributed by atoms with Crippen LogP contribution in [0.4, 0.5) is 5.82 Å². The molecule has 21 heavy (non-hydrogen) atoms. The molecule has 1 aliphatic heterocycles. The van der Waals surface area contributed by atoms with E-state index in [2.05, 4.69) is 9.88 Å². The Kier molecular flexibility index (Phi) is 2.87. The van der Waals surface area contributed by atoms with Crippen molar-refractivity contribution in [3.05, 3.63) is 30.1 Å². The highest BCUT2D eigenvalue weighted by molar-refractivity contribution is 5.93. The lowest BCUT2D eigenvalue weighted by Gasteiger charge is -2.38. The number of rotatable bonds is 2. The number of fused-ring (bicyclic) bond motifs is 2. The third-order valence-electron chi connectivity index (χ3n) is 4.98. The number of hydrogen-bond donors (Lipinski definition) is 1. The third kappa shape index (κ3) is 1.91. The molecular weight excluding hydrogens is 266 g/mol. The van der Waals surface area contributed by atoms with E-state index in [4.69, 9.17) is 0 Å². The molecule has 110 valence electrons.